The van der Waals surface area contributed by atoms with Gasteiger partial charge in [-0.25, -0.2) is 0 Å². The second kappa shape index (κ2) is 9.58. The molecular formula is C23H25N3O2. The molecular weight excluding hydrogens is 350 g/mol. The summed E-state index contributed by atoms with van der Waals surface area (Å²) in [5.74, 6) is 2.31. The third kappa shape index (κ3) is 5.59. The first-order valence-electron chi connectivity index (χ1n) is 9.15. The van der Waals surface area contributed by atoms with Gasteiger partial charge in [0.1, 0.15) is 17.2 Å². The molecule has 0 radical (unpaired) electrons. The molecule has 1 aromatic heterocycles. The van der Waals surface area contributed by atoms with Crippen LogP contribution in [-0.4, -0.2) is 18.6 Å². The van der Waals surface area contributed by atoms with Gasteiger partial charge in [-0.2, -0.15) is 0 Å². The molecule has 0 unspecified atom stereocenters. The molecule has 0 amide bonds. The molecule has 0 saturated heterocycles. The van der Waals surface area contributed by atoms with Crippen LogP contribution < -0.4 is 20.5 Å². The maximum Gasteiger partial charge on any atom is 0.145 e. The average Bonchev–Trinajstić information content (AvgIpc) is 2.73. The van der Waals surface area contributed by atoms with Crippen molar-refractivity contribution < 1.29 is 9.47 Å². The van der Waals surface area contributed by atoms with E-state index in [0.717, 1.165) is 31.0 Å². The number of nitrogens with two attached hydrogens (primary N) is 1. The van der Waals surface area contributed by atoms with Crippen molar-refractivity contribution in [2.24, 2.45) is 5.73 Å². The van der Waals surface area contributed by atoms with E-state index >= 15 is 0 Å². The second-order valence-electron chi connectivity index (χ2n) is 6.43. The first kappa shape index (κ1) is 19.5. The molecule has 28 heavy (non-hydrogen) atoms. The van der Waals surface area contributed by atoms with Crippen molar-refractivity contribution >= 4 is 5.70 Å². The Morgan fingerprint density at radius 1 is 0.929 bits per heavy atom. The number of aromatic nitrogens is 1. The summed E-state index contributed by atoms with van der Waals surface area (Å²) in [5, 5.41) is 3.46. The Kier molecular flexibility index (Phi) is 6.65. The minimum Gasteiger partial charge on any atom is -0.497 e. The van der Waals surface area contributed by atoms with Crippen LogP contribution >= 0.6 is 0 Å². The van der Waals surface area contributed by atoms with Gasteiger partial charge in [-0.3, -0.25) is 4.98 Å². The third-order valence-electron chi connectivity index (χ3n) is 4.30. The molecule has 0 saturated carbocycles. The summed E-state index contributed by atoms with van der Waals surface area (Å²) in [4.78, 5) is 4.21. The van der Waals surface area contributed by atoms with Crippen molar-refractivity contribution in [3.05, 3.63) is 90.3 Å². The number of hydrogen-bond acceptors (Lipinski definition) is 5. The lowest BCUT2D eigenvalue weighted by molar-refractivity contribution is 0.414. The van der Waals surface area contributed by atoms with Crippen LogP contribution in [0.3, 0.4) is 0 Å². The number of nitrogens with zero attached hydrogens (tertiary/aromatic N) is 1. The molecule has 0 aliphatic heterocycles. The van der Waals surface area contributed by atoms with E-state index < -0.39 is 0 Å². The molecule has 5 heteroatoms. The van der Waals surface area contributed by atoms with Crippen LogP contribution in [0.25, 0.3) is 5.70 Å². The molecule has 3 N–H and O–H groups in total. The fourth-order valence-electron chi connectivity index (χ4n) is 2.70. The molecule has 0 aliphatic carbocycles. The molecule has 144 valence electrons. The number of ether oxygens (including phenoxy) is 2. The Balaban J connectivity index is 1.44. The number of hydrogen-bond donors (Lipinski definition) is 2. The van der Waals surface area contributed by atoms with Crippen molar-refractivity contribution in [1.82, 2.24) is 10.3 Å². The number of pyridine rings is 1. The van der Waals surface area contributed by atoms with E-state index in [0.29, 0.717) is 17.1 Å². The van der Waals surface area contributed by atoms with Gasteiger partial charge >= 0.3 is 0 Å². The molecule has 1 heterocycles. The monoisotopic (exact) mass is 375 g/mol. The SMILES string of the molecule is C=C(N)c1ccc(Oc2ccc(CNCCc3ccc(OC)cc3)cc2)cn1. The molecule has 0 atom stereocenters. The zero-order valence-electron chi connectivity index (χ0n) is 16.0. The highest BCUT2D eigenvalue weighted by molar-refractivity contribution is 5.56. The molecule has 0 spiro atoms. The lowest BCUT2D eigenvalue weighted by atomic mass is 10.1. The van der Waals surface area contributed by atoms with Crippen LogP contribution in [0.4, 0.5) is 0 Å². The van der Waals surface area contributed by atoms with E-state index in [-0.39, 0.29) is 0 Å². The number of benzene rings is 2. The van der Waals surface area contributed by atoms with E-state index in [1.807, 2.05) is 30.3 Å². The topological polar surface area (TPSA) is 69.4 Å². The van der Waals surface area contributed by atoms with Crippen molar-refractivity contribution in [3.63, 3.8) is 0 Å². The molecule has 0 fully saturated rings. The molecule has 2 aromatic carbocycles. The van der Waals surface area contributed by atoms with E-state index in [2.05, 4.69) is 41.1 Å². The van der Waals surface area contributed by atoms with Gasteiger partial charge in [0.15, 0.2) is 0 Å². The standard InChI is InChI=1S/C23H25N3O2/c1-17(24)23-12-11-22(16-26-23)28-21-9-5-19(6-10-21)15-25-14-13-18-3-7-20(27-2)8-4-18/h3-12,16,25H,1,13-15,24H2,2H3. The smallest absolute Gasteiger partial charge is 0.145 e. The summed E-state index contributed by atoms with van der Waals surface area (Å²) >= 11 is 0. The Morgan fingerprint density at radius 3 is 2.18 bits per heavy atom. The van der Waals surface area contributed by atoms with Gasteiger partial charge in [0.05, 0.1) is 24.7 Å². The van der Waals surface area contributed by atoms with Crippen molar-refractivity contribution in [2.75, 3.05) is 13.7 Å². The fourth-order valence-corrected chi connectivity index (χ4v) is 2.70. The lowest BCUT2D eigenvalue weighted by Crippen LogP contribution is -2.16. The summed E-state index contributed by atoms with van der Waals surface area (Å²) in [6.45, 7) is 5.39. The molecule has 0 bridgehead atoms. The van der Waals surface area contributed by atoms with Gasteiger partial charge in [-0.05, 0) is 60.5 Å². The van der Waals surface area contributed by atoms with Gasteiger partial charge in [0.2, 0.25) is 0 Å². The first-order chi connectivity index (χ1) is 13.6. The van der Waals surface area contributed by atoms with Crippen LogP contribution in [0.15, 0.2) is 73.4 Å². The molecule has 5 nitrogen and oxygen atoms in total. The predicted molar refractivity (Wildman–Crippen MR) is 112 cm³/mol. The van der Waals surface area contributed by atoms with Crippen molar-refractivity contribution in [1.29, 1.82) is 0 Å². The zero-order chi connectivity index (χ0) is 19.8. The molecule has 3 aromatic rings. The molecule has 0 aliphatic rings. The number of methoxy groups -OCH3 is 1. The maximum absolute atomic E-state index is 5.81. The Hall–Kier alpha value is -3.31. The van der Waals surface area contributed by atoms with E-state index in [1.54, 1.807) is 19.4 Å². The largest absolute Gasteiger partial charge is 0.497 e. The molecule has 3 rings (SSSR count). The van der Waals surface area contributed by atoms with Crippen molar-refractivity contribution in [2.45, 2.75) is 13.0 Å². The predicted octanol–water partition coefficient (Wildman–Crippen LogP) is 4.14. The highest BCUT2D eigenvalue weighted by Gasteiger charge is 2.01. The zero-order valence-corrected chi connectivity index (χ0v) is 16.0. The van der Waals surface area contributed by atoms with Gasteiger partial charge in [-0.1, -0.05) is 30.8 Å². The minimum atomic E-state index is 0.440. The van der Waals surface area contributed by atoms with Crippen LogP contribution in [-0.2, 0) is 13.0 Å². The maximum atomic E-state index is 5.81. The summed E-state index contributed by atoms with van der Waals surface area (Å²) in [5.41, 5.74) is 9.21. The van der Waals surface area contributed by atoms with Gasteiger partial charge < -0.3 is 20.5 Å². The van der Waals surface area contributed by atoms with Crippen LogP contribution in [0.1, 0.15) is 16.8 Å². The lowest BCUT2D eigenvalue weighted by Gasteiger charge is -2.09. The Labute approximate surface area is 165 Å². The summed E-state index contributed by atoms with van der Waals surface area (Å²) < 4.78 is 11.0. The van der Waals surface area contributed by atoms with Gasteiger partial charge in [0, 0.05) is 6.54 Å². The Morgan fingerprint density at radius 2 is 1.57 bits per heavy atom. The quantitative estimate of drug-likeness (QED) is 0.550. The van der Waals surface area contributed by atoms with Gasteiger partial charge in [0.25, 0.3) is 0 Å². The first-order valence-corrected chi connectivity index (χ1v) is 9.15. The second-order valence-corrected chi connectivity index (χ2v) is 6.43. The number of rotatable bonds is 9. The highest BCUT2D eigenvalue weighted by atomic mass is 16.5. The normalized spacial score (nSPS) is 10.5. The van der Waals surface area contributed by atoms with Crippen LogP contribution in [0, 0.1) is 0 Å². The average molecular weight is 375 g/mol. The van der Waals surface area contributed by atoms with E-state index in [9.17, 15) is 0 Å². The van der Waals surface area contributed by atoms with E-state index in [1.165, 1.54) is 11.1 Å². The highest BCUT2D eigenvalue weighted by Crippen LogP contribution is 2.21. The summed E-state index contributed by atoms with van der Waals surface area (Å²) in [6.07, 6.45) is 2.62. The summed E-state index contributed by atoms with van der Waals surface area (Å²) in [7, 11) is 1.68. The van der Waals surface area contributed by atoms with Crippen LogP contribution in [0.5, 0.6) is 17.2 Å². The fraction of sp³-hybridized carbons (Fsp3) is 0.174. The van der Waals surface area contributed by atoms with Crippen molar-refractivity contribution in [3.8, 4) is 17.2 Å². The summed E-state index contributed by atoms with van der Waals surface area (Å²) in [6, 6.07) is 19.8. The van der Waals surface area contributed by atoms with Crippen LogP contribution in [0.2, 0.25) is 0 Å². The third-order valence-corrected chi connectivity index (χ3v) is 4.30. The Bertz CT molecular complexity index is 889. The number of nitrogens with one attached hydrogen (secondary N) is 1. The van der Waals surface area contributed by atoms with Gasteiger partial charge in [-0.15, -0.1) is 0 Å². The van der Waals surface area contributed by atoms with E-state index in [4.69, 9.17) is 15.2 Å². The minimum absolute atomic E-state index is 0.440.